The quantitative estimate of drug-likeness (QED) is 0.925. The third kappa shape index (κ3) is 3.31. The lowest BCUT2D eigenvalue weighted by Gasteiger charge is -2.41. The predicted molar refractivity (Wildman–Crippen MR) is 100 cm³/mol. The zero-order valence-electron chi connectivity index (χ0n) is 14.4. The second-order valence-electron chi connectivity index (χ2n) is 6.06. The molecule has 1 aliphatic heterocycles. The highest BCUT2D eigenvalue weighted by Crippen LogP contribution is 2.32. The van der Waals surface area contributed by atoms with Crippen molar-refractivity contribution in [3.8, 4) is 6.07 Å². The van der Waals surface area contributed by atoms with Crippen LogP contribution in [0.4, 0.5) is 0 Å². The predicted octanol–water partition coefficient (Wildman–Crippen LogP) is 2.89. The van der Waals surface area contributed by atoms with Crippen molar-refractivity contribution in [2.75, 3.05) is 6.54 Å². The summed E-state index contributed by atoms with van der Waals surface area (Å²) >= 11 is 0. The highest BCUT2D eigenvalue weighted by atomic mass is 16.2. The first-order chi connectivity index (χ1) is 12.7. The van der Waals surface area contributed by atoms with Gasteiger partial charge in [-0.25, -0.2) is 0 Å². The molecule has 5 heteroatoms. The zero-order valence-corrected chi connectivity index (χ0v) is 14.4. The molecule has 1 saturated heterocycles. The van der Waals surface area contributed by atoms with E-state index in [1.807, 2.05) is 30.3 Å². The van der Waals surface area contributed by atoms with Crippen molar-refractivity contribution in [3.63, 3.8) is 0 Å². The maximum atomic E-state index is 13.2. The number of rotatable bonds is 4. The van der Waals surface area contributed by atoms with E-state index in [1.54, 1.807) is 40.3 Å². The van der Waals surface area contributed by atoms with Gasteiger partial charge in [-0.3, -0.25) is 4.79 Å². The Labute approximate surface area is 153 Å². The molecule has 0 aliphatic carbocycles. The van der Waals surface area contributed by atoms with Gasteiger partial charge in [-0.2, -0.15) is 5.26 Å². The fraction of sp³-hybridized carbons (Fsp3) is 0.143. The molecule has 0 bridgehead atoms. The van der Waals surface area contributed by atoms with Crippen LogP contribution in [0.15, 0.2) is 79.3 Å². The van der Waals surface area contributed by atoms with Gasteiger partial charge in [0, 0.05) is 12.7 Å². The van der Waals surface area contributed by atoms with Gasteiger partial charge in [0.2, 0.25) is 0 Å². The lowest BCUT2D eigenvalue weighted by atomic mass is 9.99. The molecule has 1 aliphatic rings. The summed E-state index contributed by atoms with van der Waals surface area (Å²) in [6, 6.07) is 18.4. The smallest absolute Gasteiger partial charge is 0.250 e. The van der Waals surface area contributed by atoms with E-state index in [9.17, 15) is 4.79 Å². The SMILES string of the molecule is C=CN1/C(=C\N)CN(Cc2ccccc2)C(=O)C1c1ccc(C#N)cc1. The molecule has 1 amide bonds. The minimum absolute atomic E-state index is 0.0240. The summed E-state index contributed by atoms with van der Waals surface area (Å²) in [6.07, 6.45) is 3.14. The number of nitrogens with two attached hydrogens (primary N) is 1. The highest BCUT2D eigenvalue weighted by molar-refractivity contribution is 5.85. The molecule has 2 aromatic rings. The Kier molecular flexibility index (Phi) is 5.04. The van der Waals surface area contributed by atoms with E-state index in [0.29, 0.717) is 18.7 Å². The Balaban J connectivity index is 1.96. The standard InChI is InChI=1S/C21H20N4O/c1-2-25-19(13-23)15-24(14-17-6-4-3-5-7-17)21(26)20(25)18-10-8-16(12-22)9-11-18/h2-11,13,20H,1,14-15,23H2/b19-13-. The Morgan fingerprint density at radius 1 is 1.19 bits per heavy atom. The Morgan fingerprint density at radius 3 is 2.46 bits per heavy atom. The molecule has 2 N–H and O–H groups in total. The molecule has 1 atom stereocenters. The van der Waals surface area contributed by atoms with Gasteiger partial charge in [-0.1, -0.05) is 49.0 Å². The van der Waals surface area contributed by atoms with Crippen LogP contribution in [-0.2, 0) is 11.3 Å². The van der Waals surface area contributed by atoms with Crippen molar-refractivity contribution in [2.45, 2.75) is 12.6 Å². The third-order valence-electron chi connectivity index (χ3n) is 4.47. The van der Waals surface area contributed by atoms with Crippen LogP contribution in [0.3, 0.4) is 0 Å². The Bertz CT molecular complexity index is 865. The van der Waals surface area contributed by atoms with Crippen molar-refractivity contribution in [1.29, 1.82) is 5.26 Å². The van der Waals surface area contributed by atoms with Gasteiger partial charge >= 0.3 is 0 Å². The van der Waals surface area contributed by atoms with Crippen molar-refractivity contribution >= 4 is 5.91 Å². The van der Waals surface area contributed by atoms with Crippen LogP contribution in [0.5, 0.6) is 0 Å². The first-order valence-corrected chi connectivity index (χ1v) is 8.32. The van der Waals surface area contributed by atoms with Crippen molar-refractivity contribution in [3.05, 3.63) is 96.0 Å². The van der Waals surface area contributed by atoms with Gasteiger partial charge < -0.3 is 15.5 Å². The number of nitrogens with zero attached hydrogens (tertiary/aromatic N) is 3. The van der Waals surface area contributed by atoms with Gasteiger partial charge in [0.25, 0.3) is 5.91 Å². The molecule has 1 fully saturated rings. The molecule has 5 nitrogen and oxygen atoms in total. The van der Waals surface area contributed by atoms with E-state index >= 15 is 0 Å². The second kappa shape index (κ2) is 7.58. The molecule has 0 aromatic heterocycles. The number of piperazine rings is 1. The number of carbonyl (C=O) groups is 1. The van der Waals surface area contributed by atoms with Gasteiger partial charge in [0.05, 0.1) is 23.9 Å². The van der Waals surface area contributed by atoms with Gasteiger partial charge in [0.1, 0.15) is 6.04 Å². The summed E-state index contributed by atoms with van der Waals surface area (Å²) in [7, 11) is 0. The summed E-state index contributed by atoms with van der Waals surface area (Å²) in [6.45, 7) is 4.77. The fourth-order valence-corrected chi connectivity index (χ4v) is 3.16. The van der Waals surface area contributed by atoms with Crippen LogP contribution in [-0.4, -0.2) is 22.3 Å². The molecule has 0 saturated carbocycles. The van der Waals surface area contributed by atoms with E-state index in [0.717, 1.165) is 16.8 Å². The largest absolute Gasteiger partial charge is 0.403 e. The summed E-state index contributed by atoms with van der Waals surface area (Å²) in [4.78, 5) is 16.8. The van der Waals surface area contributed by atoms with E-state index in [1.165, 1.54) is 6.20 Å². The van der Waals surface area contributed by atoms with Crippen LogP contribution in [0.1, 0.15) is 22.7 Å². The number of nitriles is 1. The van der Waals surface area contributed by atoms with E-state index in [2.05, 4.69) is 12.6 Å². The molecule has 1 unspecified atom stereocenters. The zero-order chi connectivity index (χ0) is 18.5. The molecule has 2 aromatic carbocycles. The molecule has 0 radical (unpaired) electrons. The lowest BCUT2D eigenvalue weighted by molar-refractivity contribution is -0.139. The third-order valence-corrected chi connectivity index (χ3v) is 4.47. The number of amides is 1. The monoisotopic (exact) mass is 344 g/mol. The fourth-order valence-electron chi connectivity index (χ4n) is 3.16. The average molecular weight is 344 g/mol. The maximum absolute atomic E-state index is 13.2. The first kappa shape index (κ1) is 17.3. The molecule has 0 spiro atoms. The molecule has 3 rings (SSSR count). The summed E-state index contributed by atoms with van der Waals surface area (Å²) in [5, 5.41) is 9.00. The molecule has 130 valence electrons. The Hall–Kier alpha value is -3.52. The van der Waals surface area contributed by atoms with Gasteiger partial charge in [0.15, 0.2) is 0 Å². The van der Waals surface area contributed by atoms with Crippen LogP contribution in [0, 0.1) is 11.3 Å². The topological polar surface area (TPSA) is 73.4 Å². The number of carbonyl (C=O) groups excluding carboxylic acids is 1. The average Bonchev–Trinajstić information content (AvgIpc) is 2.70. The van der Waals surface area contributed by atoms with Crippen LogP contribution in [0.2, 0.25) is 0 Å². The van der Waals surface area contributed by atoms with Crippen LogP contribution >= 0.6 is 0 Å². The van der Waals surface area contributed by atoms with Gasteiger partial charge in [-0.15, -0.1) is 0 Å². The first-order valence-electron chi connectivity index (χ1n) is 8.32. The maximum Gasteiger partial charge on any atom is 0.250 e. The minimum atomic E-state index is -0.549. The summed E-state index contributed by atoms with van der Waals surface area (Å²) < 4.78 is 0. The van der Waals surface area contributed by atoms with Crippen molar-refractivity contribution < 1.29 is 4.79 Å². The summed E-state index contributed by atoms with van der Waals surface area (Å²) in [5.74, 6) is -0.0240. The number of hydrogen-bond donors (Lipinski definition) is 1. The molecular weight excluding hydrogens is 324 g/mol. The van der Waals surface area contributed by atoms with Crippen LogP contribution < -0.4 is 5.73 Å². The van der Waals surface area contributed by atoms with Crippen LogP contribution in [0.25, 0.3) is 0 Å². The minimum Gasteiger partial charge on any atom is -0.403 e. The molecule has 1 heterocycles. The highest BCUT2D eigenvalue weighted by Gasteiger charge is 2.37. The summed E-state index contributed by atoms with van der Waals surface area (Å²) in [5.41, 5.74) is 9.04. The van der Waals surface area contributed by atoms with Gasteiger partial charge in [-0.05, 0) is 29.5 Å². The number of hydrogen-bond acceptors (Lipinski definition) is 4. The van der Waals surface area contributed by atoms with E-state index in [-0.39, 0.29) is 5.91 Å². The number of benzene rings is 2. The van der Waals surface area contributed by atoms with E-state index < -0.39 is 6.04 Å². The lowest BCUT2D eigenvalue weighted by Crippen LogP contribution is -2.48. The van der Waals surface area contributed by atoms with Crippen molar-refractivity contribution in [1.82, 2.24) is 9.80 Å². The van der Waals surface area contributed by atoms with Crippen molar-refractivity contribution in [2.24, 2.45) is 5.73 Å². The molecule has 26 heavy (non-hydrogen) atoms. The Morgan fingerprint density at radius 2 is 1.88 bits per heavy atom. The second-order valence-corrected chi connectivity index (χ2v) is 6.06. The molecular formula is C21H20N4O. The van der Waals surface area contributed by atoms with E-state index in [4.69, 9.17) is 11.0 Å². The normalized spacial score (nSPS) is 18.7.